The first-order valence-electron chi connectivity index (χ1n) is 8.73. The van der Waals surface area contributed by atoms with Gasteiger partial charge in [-0.05, 0) is 50.4 Å². The number of hydrogen-bond acceptors (Lipinski definition) is 4. The van der Waals surface area contributed by atoms with E-state index in [1.54, 1.807) is 24.3 Å². The molecule has 0 aromatic heterocycles. The zero-order chi connectivity index (χ0) is 21.5. The van der Waals surface area contributed by atoms with Crippen LogP contribution in [-0.4, -0.2) is 26.5 Å². The van der Waals surface area contributed by atoms with Crippen molar-refractivity contribution in [2.24, 2.45) is 4.99 Å². The van der Waals surface area contributed by atoms with Gasteiger partial charge < -0.3 is 4.74 Å². The van der Waals surface area contributed by atoms with E-state index in [-0.39, 0.29) is 24.3 Å². The number of ether oxygens (including phenoxy) is 1. The van der Waals surface area contributed by atoms with Crippen molar-refractivity contribution < 1.29 is 26.3 Å². The van der Waals surface area contributed by atoms with Gasteiger partial charge in [0.1, 0.15) is 0 Å². The Labute approximate surface area is 172 Å². The van der Waals surface area contributed by atoms with Gasteiger partial charge in [0.15, 0.2) is 15.6 Å². The second-order valence-corrected chi connectivity index (χ2v) is 10.1. The van der Waals surface area contributed by atoms with Crippen LogP contribution >= 0.6 is 11.6 Å². The highest BCUT2D eigenvalue weighted by atomic mass is 35.5. The van der Waals surface area contributed by atoms with Gasteiger partial charge in [0.25, 0.3) is 0 Å². The van der Waals surface area contributed by atoms with E-state index in [2.05, 4.69) is 11.7 Å². The van der Waals surface area contributed by atoms with E-state index in [1.807, 2.05) is 0 Å². The van der Waals surface area contributed by atoms with Crippen molar-refractivity contribution in [3.63, 3.8) is 0 Å². The molecule has 4 nitrogen and oxygen atoms in total. The average molecular weight is 446 g/mol. The molecule has 1 fully saturated rings. The van der Waals surface area contributed by atoms with Crippen molar-refractivity contribution in [2.75, 3.05) is 6.61 Å². The first kappa shape index (κ1) is 21.8. The normalized spacial score (nSPS) is 25.6. The first-order valence-corrected chi connectivity index (χ1v) is 10.6. The summed E-state index contributed by atoms with van der Waals surface area (Å²) in [6.45, 7) is 5.12. The monoisotopic (exact) mass is 445 g/mol. The van der Waals surface area contributed by atoms with Crippen molar-refractivity contribution in [3.05, 3.63) is 64.7 Å². The van der Waals surface area contributed by atoms with Crippen molar-refractivity contribution in [1.29, 1.82) is 0 Å². The Bertz CT molecular complexity index is 1020. The summed E-state index contributed by atoms with van der Waals surface area (Å²) in [5.74, 6) is 0. The van der Waals surface area contributed by atoms with Gasteiger partial charge in [0.05, 0.1) is 21.8 Å². The average Bonchev–Trinajstić information content (AvgIpc) is 2.67. The lowest BCUT2D eigenvalue weighted by molar-refractivity contribution is -0.137. The molecule has 0 saturated carbocycles. The Morgan fingerprint density at radius 2 is 1.83 bits per heavy atom. The van der Waals surface area contributed by atoms with E-state index >= 15 is 0 Å². The molecule has 2 atom stereocenters. The van der Waals surface area contributed by atoms with Crippen molar-refractivity contribution >= 4 is 28.2 Å². The lowest BCUT2D eigenvalue weighted by atomic mass is 9.87. The van der Waals surface area contributed by atoms with Crippen LogP contribution in [0.1, 0.15) is 30.9 Å². The van der Waals surface area contributed by atoms with Gasteiger partial charge in [-0.3, -0.25) is 4.99 Å². The maximum atomic E-state index is 13.4. The van der Waals surface area contributed by atoms with E-state index in [9.17, 15) is 21.6 Å². The minimum atomic E-state index is -4.64. The topological polar surface area (TPSA) is 55.7 Å². The smallest absolute Gasteiger partial charge is 0.350 e. The summed E-state index contributed by atoms with van der Waals surface area (Å²) in [6, 6.07) is 10.4. The number of aliphatic imine (C=N–C) groups is 1. The first-order chi connectivity index (χ1) is 13.4. The quantitative estimate of drug-likeness (QED) is 0.603. The van der Waals surface area contributed by atoms with Crippen LogP contribution in [0.2, 0.25) is 5.02 Å². The molecular weight excluding hydrogens is 427 g/mol. The summed E-state index contributed by atoms with van der Waals surface area (Å²) in [5, 5.41) is 0.489. The van der Waals surface area contributed by atoms with Gasteiger partial charge in [-0.2, -0.15) is 13.2 Å². The molecular formula is C20H19ClF3NO3S. The van der Waals surface area contributed by atoms with E-state index in [4.69, 9.17) is 16.3 Å². The van der Waals surface area contributed by atoms with Gasteiger partial charge in [0.2, 0.25) is 0 Å². The van der Waals surface area contributed by atoms with Gasteiger partial charge in [-0.25, -0.2) is 8.42 Å². The van der Waals surface area contributed by atoms with Crippen LogP contribution in [0.5, 0.6) is 0 Å². The van der Waals surface area contributed by atoms with Crippen LogP contribution in [0, 0.1) is 0 Å². The summed E-state index contributed by atoms with van der Waals surface area (Å²) in [7, 11) is -4.14. The Kier molecular flexibility index (Phi) is 5.57. The molecule has 1 aliphatic heterocycles. The molecule has 29 heavy (non-hydrogen) atoms. The molecule has 1 aliphatic rings. The molecule has 0 spiro atoms. The zero-order valence-corrected chi connectivity index (χ0v) is 17.1. The molecule has 0 aliphatic carbocycles. The van der Waals surface area contributed by atoms with E-state index in [0.717, 1.165) is 12.1 Å². The fraction of sp³-hybridized carbons (Fsp3) is 0.350. The summed E-state index contributed by atoms with van der Waals surface area (Å²) in [4.78, 5) is 3.70. The Morgan fingerprint density at radius 1 is 1.17 bits per heavy atom. The third-order valence-corrected chi connectivity index (χ3v) is 8.03. The Hall–Kier alpha value is -1.90. The minimum absolute atomic E-state index is 0.0519. The van der Waals surface area contributed by atoms with Crippen LogP contribution in [-0.2, 0) is 26.5 Å². The molecule has 2 aromatic rings. The lowest BCUT2D eigenvalue weighted by Gasteiger charge is -2.43. The Morgan fingerprint density at radius 3 is 2.41 bits per heavy atom. The third kappa shape index (κ3) is 3.93. The molecule has 0 amide bonds. The van der Waals surface area contributed by atoms with Crippen molar-refractivity contribution in [3.8, 4) is 0 Å². The van der Waals surface area contributed by atoms with Gasteiger partial charge in [-0.1, -0.05) is 29.8 Å². The molecule has 156 valence electrons. The fourth-order valence-corrected chi connectivity index (χ4v) is 5.50. The summed E-state index contributed by atoms with van der Waals surface area (Å²) >= 11 is 5.92. The fourth-order valence-electron chi connectivity index (χ4n) is 3.52. The number of sulfone groups is 1. The van der Waals surface area contributed by atoms with E-state index in [1.165, 1.54) is 13.0 Å². The number of benzene rings is 2. The highest BCUT2D eigenvalue weighted by Crippen LogP contribution is 2.46. The molecule has 1 heterocycles. The van der Waals surface area contributed by atoms with E-state index < -0.39 is 32.0 Å². The highest BCUT2D eigenvalue weighted by molar-refractivity contribution is 7.92. The summed E-state index contributed by atoms with van der Waals surface area (Å²) < 4.78 is 70.4. The molecule has 2 aromatic carbocycles. The highest BCUT2D eigenvalue weighted by Gasteiger charge is 2.51. The largest absolute Gasteiger partial charge is 0.416 e. The molecule has 3 rings (SSSR count). The van der Waals surface area contributed by atoms with Gasteiger partial charge >= 0.3 is 6.18 Å². The standard InChI is InChI=1S/C20H19ClF3NO3S/c1-18(29(26,27)17-5-3-4-15(12-17)20(22,23)24)10-11-28-19(13-18,25-2)14-6-8-16(21)9-7-14/h3-9,12H,2,10-11,13H2,1H3/t18-,19+/m0/s1. The predicted octanol–water partition coefficient (Wildman–Crippen LogP) is 5.26. The van der Waals surface area contributed by atoms with Crippen LogP contribution in [0.15, 0.2) is 58.4 Å². The predicted molar refractivity (Wildman–Crippen MR) is 105 cm³/mol. The molecule has 9 heteroatoms. The van der Waals surface area contributed by atoms with Crippen LogP contribution in [0.25, 0.3) is 0 Å². The van der Waals surface area contributed by atoms with Crippen LogP contribution in [0.3, 0.4) is 0 Å². The Balaban J connectivity index is 2.05. The van der Waals surface area contributed by atoms with Crippen molar-refractivity contribution in [1.82, 2.24) is 0 Å². The SMILES string of the molecule is C=N[C@]1(c2ccc(Cl)cc2)C[C@@](C)(S(=O)(=O)c2cccc(C(F)(F)F)c2)CCO1. The number of halogens is 4. The van der Waals surface area contributed by atoms with Crippen LogP contribution in [0.4, 0.5) is 13.2 Å². The van der Waals surface area contributed by atoms with E-state index in [0.29, 0.717) is 16.7 Å². The van der Waals surface area contributed by atoms with Crippen molar-refractivity contribution in [2.45, 2.75) is 41.3 Å². The molecule has 0 bridgehead atoms. The molecule has 0 N–H and O–H groups in total. The second-order valence-electron chi connectivity index (χ2n) is 7.20. The zero-order valence-electron chi connectivity index (χ0n) is 15.5. The maximum Gasteiger partial charge on any atom is 0.416 e. The molecule has 0 radical (unpaired) electrons. The second kappa shape index (κ2) is 7.41. The number of rotatable bonds is 4. The number of alkyl halides is 3. The minimum Gasteiger partial charge on any atom is -0.350 e. The number of hydrogen-bond donors (Lipinski definition) is 0. The summed E-state index contributed by atoms with van der Waals surface area (Å²) in [5.41, 5.74) is -1.78. The lowest BCUT2D eigenvalue weighted by Crippen LogP contribution is -2.49. The van der Waals surface area contributed by atoms with Crippen LogP contribution < -0.4 is 0 Å². The molecule has 1 saturated heterocycles. The van der Waals surface area contributed by atoms with Gasteiger partial charge in [0, 0.05) is 17.0 Å². The van der Waals surface area contributed by atoms with Gasteiger partial charge in [-0.15, -0.1) is 0 Å². The number of nitrogens with zero attached hydrogens (tertiary/aromatic N) is 1. The third-order valence-electron chi connectivity index (χ3n) is 5.26. The maximum absolute atomic E-state index is 13.4. The molecule has 0 unspecified atom stereocenters. The summed E-state index contributed by atoms with van der Waals surface area (Å²) in [6.07, 6.45) is -4.63.